The first-order valence-electron chi connectivity index (χ1n) is 8.42. The first-order chi connectivity index (χ1) is 11.4. The minimum absolute atomic E-state index is 0. The summed E-state index contributed by atoms with van der Waals surface area (Å²) in [6, 6.07) is 5.18. The molecule has 0 spiro atoms. The Morgan fingerprint density at radius 1 is 1.32 bits per heavy atom. The van der Waals surface area contributed by atoms with E-state index in [1.54, 1.807) is 10.4 Å². The number of aryl methyl sites for hydroxylation is 2. The zero-order valence-corrected chi connectivity index (χ0v) is 16.5. The summed E-state index contributed by atoms with van der Waals surface area (Å²) in [6.07, 6.45) is 2.83. The Labute approximate surface area is 156 Å². The summed E-state index contributed by atoms with van der Waals surface area (Å²) >= 11 is 0. The molecule has 0 aliphatic carbocycles. The van der Waals surface area contributed by atoms with Gasteiger partial charge in [-0.15, -0.1) is 12.4 Å². The van der Waals surface area contributed by atoms with Gasteiger partial charge in [0.2, 0.25) is 15.9 Å². The number of carbonyl (C=O) groups excluding carboxylic acids is 1. The molecule has 0 saturated carbocycles. The van der Waals surface area contributed by atoms with E-state index < -0.39 is 10.0 Å². The van der Waals surface area contributed by atoms with E-state index in [-0.39, 0.29) is 30.8 Å². The van der Waals surface area contributed by atoms with Crippen molar-refractivity contribution in [2.24, 2.45) is 5.73 Å². The number of nitrogens with one attached hydrogen (secondary N) is 1. The molecule has 1 aromatic rings. The Morgan fingerprint density at radius 3 is 2.68 bits per heavy atom. The molecule has 1 fully saturated rings. The van der Waals surface area contributed by atoms with Crippen LogP contribution >= 0.6 is 12.4 Å². The van der Waals surface area contributed by atoms with E-state index in [9.17, 15) is 13.2 Å². The molecule has 1 unspecified atom stereocenters. The third kappa shape index (κ3) is 5.41. The molecule has 0 bridgehead atoms. The second-order valence-corrected chi connectivity index (χ2v) is 8.24. The molecule has 1 aliphatic heterocycles. The molecule has 6 nitrogen and oxygen atoms in total. The van der Waals surface area contributed by atoms with E-state index in [1.807, 2.05) is 26.0 Å². The number of piperidine rings is 1. The van der Waals surface area contributed by atoms with Gasteiger partial charge in [0.1, 0.15) is 0 Å². The molecule has 0 aromatic heterocycles. The van der Waals surface area contributed by atoms with Crippen molar-refractivity contribution < 1.29 is 13.2 Å². The average Bonchev–Trinajstić information content (AvgIpc) is 2.53. The van der Waals surface area contributed by atoms with E-state index in [0.717, 1.165) is 30.4 Å². The molecular formula is C17H28ClN3O3S. The van der Waals surface area contributed by atoms with Crippen molar-refractivity contribution in [3.63, 3.8) is 0 Å². The Morgan fingerprint density at radius 2 is 2.04 bits per heavy atom. The van der Waals surface area contributed by atoms with Crippen molar-refractivity contribution in [3.05, 3.63) is 29.3 Å². The fraction of sp³-hybridized carbons (Fsp3) is 0.588. The predicted octanol–water partition coefficient (Wildman–Crippen LogP) is 1.73. The zero-order valence-electron chi connectivity index (χ0n) is 14.8. The van der Waals surface area contributed by atoms with Crippen LogP contribution in [-0.2, 0) is 14.8 Å². The monoisotopic (exact) mass is 389 g/mol. The number of benzene rings is 1. The van der Waals surface area contributed by atoms with Crippen LogP contribution in [-0.4, -0.2) is 44.3 Å². The number of nitrogens with two attached hydrogens (primary N) is 1. The van der Waals surface area contributed by atoms with Crippen molar-refractivity contribution in [2.75, 3.05) is 19.6 Å². The first kappa shape index (κ1) is 21.9. The molecule has 1 aromatic carbocycles. The maximum absolute atomic E-state index is 13.1. The summed E-state index contributed by atoms with van der Waals surface area (Å²) < 4.78 is 27.7. The van der Waals surface area contributed by atoms with Crippen LogP contribution in [0.3, 0.4) is 0 Å². The fourth-order valence-electron chi connectivity index (χ4n) is 3.16. The number of carbonyl (C=O) groups is 1. The second kappa shape index (κ2) is 9.52. The highest BCUT2D eigenvalue weighted by molar-refractivity contribution is 7.89. The van der Waals surface area contributed by atoms with E-state index in [1.165, 1.54) is 0 Å². The molecule has 0 radical (unpaired) electrons. The van der Waals surface area contributed by atoms with Crippen LogP contribution in [0.25, 0.3) is 0 Å². The Hall–Kier alpha value is -1.15. The quantitative estimate of drug-likeness (QED) is 0.774. The summed E-state index contributed by atoms with van der Waals surface area (Å²) in [7, 11) is -3.56. The number of sulfonamides is 1. The third-order valence-electron chi connectivity index (χ3n) is 4.40. The van der Waals surface area contributed by atoms with Gasteiger partial charge in [-0.25, -0.2) is 8.42 Å². The molecule has 1 amide bonds. The zero-order chi connectivity index (χ0) is 17.7. The number of amides is 1. The van der Waals surface area contributed by atoms with Crippen molar-refractivity contribution in [1.29, 1.82) is 0 Å². The topological polar surface area (TPSA) is 92.5 Å². The van der Waals surface area contributed by atoms with Crippen LogP contribution in [0.4, 0.5) is 0 Å². The van der Waals surface area contributed by atoms with Gasteiger partial charge in [0.25, 0.3) is 0 Å². The first-order valence-corrected chi connectivity index (χ1v) is 9.86. The Balaban J connectivity index is 0.00000312. The van der Waals surface area contributed by atoms with Crippen LogP contribution in [0.2, 0.25) is 0 Å². The average molecular weight is 390 g/mol. The van der Waals surface area contributed by atoms with Gasteiger partial charge in [-0.2, -0.15) is 4.31 Å². The van der Waals surface area contributed by atoms with Crippen LogP contribution in [0.1, 0.15) is 36.8 Å². The van der Waals surface area contributed by atoms with Crippen LogP contribution in [0.5, 0.6) is 0 Å². The minimum atomic E-state index is -3.56. The highest BCUT2D eigenvalue weighted by atomic mass is 35.5. The standard InChI is InChI=1S/C17H27N3O3S.ClH/c1-13-6-7-16(14(2)11-13)24(22,23)20-10-4-3-5-15(20)12-19-17(21)8-9-18;/h6-7,11,15H,3-5,8-10,12,18H2,1-2H3,(H,19,21);1H. The Bertz CT molecular complexity index is 694. The van der Waals surface area contributed by atoms with Crippen LogP contribution < -0.4 is 11.1 Å². The third-order valence-corrected chi connectivity index (χ3v) is 6.51. The number of nitrogens with zero attached hydrogens (tertiary/aromatic N) is 1. The van der Waals surface area contributed by atoms with Crippen LogP contribution in [0, 0.1) is 13.8 Å². The largest absolute Gasteiger partial charge is 0.354 e. The lowest BCUT2D eigenvalue weighted by atomic mass is 10.1. The molecule has 1 aliphatic rings. The fourth-order valence-corrected chi connectivity index (χ4v) is 5.06. The van der Waals surface area contributed by atoms with Crippen molar-refractivity contribution >= 4 is 28.3 Å². The molecule has 1 atom stereocenters. The SMILES string of the molecule is Cc1ccc(S(=O)(=O)N2CCCCC2CNC(=O)CCN)c(C)c1.Cl. The number of hydrogen-bond donors (Lipinski definition) is 2. The molecule has 3 N–H and O–H groups in total. The van der Waals surface area contributed by atoms with Crippen LogP contribution in [0.15, 0.2) is 23.1 Å². The number of hydrogen-bond acceptors (Lipinski definition) is 4. The Kier molecular flexibility index (Phi) is 8.34. The van der Waals surface area contributed by atoms with Gasteiger partial charge in [0.05, 0.1) is 4.90 Å². The van der Waals surface area contributed by atoms with Gasteiger partial charge >= 0.3 is 0 Å². The van der Waals surface area contributed by atoms with E-state index in [0.29, 0.717) is 24.5 Å². The van der Waals surface area contributed by atoms with Gasteiger partial charge in [-0.05, 0) is 38.3 Å². The number of rotatable bonds is 6. The highest BCUT2D eigenvalue weighted by Crippen LogP contribution is 2.27. The van der Waals surface area contributed by atoms with Crippen molar-refractivity contribution in [3.8, 4) is 0 Å². The summed E-state index contributed by atoms with van der Waals surface area (Å²) in [5.74, 6) is -0.132. The smallest absolute Gasteiger partial charge is 0.243 e. The van der Waals surface area contributed by atoms with E-state index >= 15 is 0 Å². The summed E-state index contributed by atoms with van der Waals surface area (Å²) in [6.45, 7) is 4.89. The minimum Gasteiger partial charge on any atom is -0.354 e. The normalized spacial score (nSPS) is 18.4. The summed E-state index contributed by atoms with van der Waals surface area (Å²) in [4.78, 5) is 12.0. The lowest BCUT2D eigenvalue weighted by molar-refractivity contribution is -0.121. The lowest BCUT2D eigenvalue weighted by Crippen LogP contribution is -2.49. The summed E-state index contributed by atoms with van der Waals surface area (Å²) in [5, 5.41) is 2.81. The van der Waals surface area contributed by atoms with Gasteiger partial charge in [0, 0.05) is 32.1 Å². The van der Waals surface area contributed by atoms with Gasteiger partial charge in [-0.3, -0.25) is 4.79 Å². The summed E-state index contributed by atoms with van der Waals surface area (Å²) in [5.41, 5.74) is 7.17. The second-order valence-electron chi connectivity index (χ2n) is 6.38. The van der Waals surface area contributed by atoms with Gasteiger partial charge in [-0.1, -0.05) is 24.1 Å². The highest BCUT2D eigenvalue weighted by Gasteiger charge is 2.34. The van der Waals surface area contributed by atoms with Crippen molar-refractivity contribution in [1.82, 2.24) is 9.62 Å². The number of halogens is 1. The maximum Gasteiger partial charge on any atom is 0.243 e. The van der Waals surface area contributed by atoms with E-state index in [2.05, 4.69) is 5.32 Å². The molecule has 1 heterocycles. The molecular weight excluding hydrogens is 362 g/mol. The van der Waals surface area contributed by atoms with Gasteiger partial charge in [0.15, 0.2) is 0 Å². The molecule has 25 heavy (non-hydrogen) atoms. The lowest BCUT2D eigenvalue weighted by Gasteiger charge is -2.35. The van der Waals surface area contributed by atoms with Crippen molar-refractivity contribution in [2.45, 2.75) is 50.5 Å². The van der Waals surface area contributed by atoms with Gasteiger partial charge < -0.3 is 11.1 Å². The molecule has 142 valence electrons. The van der Waals surface area contributed by atoms with E-state index in [4.69, 9.17) is 5.73 Å². The molecule has 8 heteroatoms. The molecule has 1 saturated heterocycles. The predicted molar refractivity (Wildman–Crippen MR) is 101 cm³/mol. The molecule has 2 rings (SSSR count). The maximum atomic E-state index is 13.1.